The molecule has 0 spiro atoms. The average Bonchev–Trinajstić information content (AvgIpc) is 2.60. The van der Waals surface area contributed by atoms with Crippen molar-refractivity contribution in [2.24, 2.45) is 17.1 Å². The molecule has 1 aromatic carbocycles. The number of carbonyl (C=O) groups excluding carboxylic acids is 1. The number of rotatable bonds is 4. The maximum absolute atomic E-state index is 13.0. The van der Waals surface area contributed by atoms with Gasteiger partial charge in [0.25, 0.3) is 0 Å². The maximum atomic E-state index is 13.0. The highest BCUT2D eigenvalue weighted by Crippen LogP contribution is 2.57. The van der Waals surface area contributed by atoms with Gasteiger partial charge in [-0.3, -0.25) is 4.79 Å². The number of amides is 1. The number of nitrogens with two attached hydrogens (primary N) is 1. The molecule has 1 aromatic rings. The lowest BCUT2D eigenvalue weighted by Gasteiger charge is -2.65. The van der Waals surface area contributed by atoms with Crippen LogP contribution in [0.25, 0.3) is 0 Å². The lowest BCUT2D eigenvalue weighted by molar-refractivity contribution is -0.225. The number of benzene rings is 1. The van der Waals surface area contributed by atoms with Crippen molar-refractivity contribution in [1.82, 2.24) is 5.32 Å². The van der Waals surface area contributed by atoms with Crippen LogP contribution in [-0.4, -0.2) is 31.3 Å². The smallest absolute Gasteiger partial charge is 0.241 e. The monoisotopic (exact) mass is 368 g/mol. The first-order valence-electron chi connectivity index (χ1n) is 8.67. The van der Waals surface area contributed by atoms with E-state index < -0.39 is 5.54 Å². The standard InChI is InChI=1S/C19H28N2O3.ClH/c1-12(13-7-5-8-14(11-13)23-4)21-17(22)19(20)15-9-6-10-24-16(15)18(19,2)3;/h5,7-8,11-12,15-16H,6,9-10,20H2,1-4H3,(H,21,22);1H. The number of hydrogen-bond donors (Lipinski definition) is 2. The van der Waals surface area contributed by atoms with Crippen LogP contribution < -0.4 is 15.8 Å². The Balaban J connectivity index is 0.00000225. The zero-order chi connectivity index (χ0) is 17.5. The van der Waals surface area contributed by atoms with Crippen molar-refractivity contribution in [2.75, 3.05) is 13.7 Å². The third-order valence-electron chi connectivity index (χ3n) is 6.00. The van der Waals surface area contributed by atoms with Gasteiger partial charge in [0.1, 0.15) is 11.3 Å². The summed E-state index contributed by atoms with van der Waals surface area (Å²) < 4.78 is 11.1. The third-order valence-corrected chi connectivity index (χ3v) is 6.00. The minimum absolute atomic E-state index is 0. The zero-order valence-electron chi connectivity index (χ0n) is 15.4. The number of halogens is 1. The summed E-state index contributed by atoms with van der Waals surface area (Å²) in [6.07, 6.45) is 2.00. The topological polar surface area (TPSA) is 73.6 Å². The van der Waals surface area contributed by atoms with Crippen molar-refractivity contribution < 1.29 is 14.3 Å². The Hall–Kier alpha value is -1.30. The molecule has 0 radical (unpaired) electrons. The van der Waals surface area contributed by atoms with Crippen LogP contribution in [0.5, 0.6) is 5.75 Å². The molecule has 1 amide bonds. The van der Waals surface area contributed by atoms with Crippen LogP contribution in [-0.2, 0) is 9.53 Å². The van der Waals surface area contributed by atoms with Crippen molar-refractivity contribution in [3.8, 4) is 5.75 Å². The van der Waals surface area contributed by atoms with E-state index in [1.807, 2.05) is 45.0 Å². The Morgan fingerprint density at radius 1 is 1.44 bits per heavy atom. The van der Waals surface area contributed by atoms with Crippen LogP contribution >= 0.6 is 12.4 Å². The Labute approximate surface area is 156 Å². The number of carbonyl (C=O) groups is 1. The van der Waals surface area contributed by atoms with Gasteiger partial charge < -0.3 is 20.5 Å². The largest absolute Gasteiger partial charge is 0.497 e. The van der Waals surface area contributed by atoms with Crippen molar-refractivity contribution in [1.29, 1.82) is 0 Å². The maximum Gasteiger partial charge on any atom is 0.241 e. The molecular formula is C19H29ClN2O3. The van der Waals surface area contributed by atoms with Crippen molar-refractivity contribution in [3.05, 3.63) is 29.8 Å². The molecule has 0 bridgehead atoms. The van der Waals surface area contributed by atoms with Crippen LogP contribution in [0.1, 0.15) is 45.2 Å². The van der Waals surface area contributed by atoms with E-state index in [1.165, 1.54) is 0 Å². The molecular weight excluding hydrogens is 340 g/mol. The fourth-order valence-electron chi connectivity index (χ4n) is 4.35. The van der Waals surface area contributed by atoms with Gasteiger partial charge in [0, 0.05) is 17.9 Å². The van der Waals surface area contributed by atoms with Gasteiger partial charge in [0.2, 0.25) is 5.91 Å². The van der Waals surface area contributed by atoms with Crippen LogP contribution in [0.3, 0.4) is 0 Å². The average molecular weight is 369 g/mol. The Kier molecular flexibility index (Phi) is 5.71. The molecule has 1 heterocycles. The molecule has 4 unspecified atom stereocenters. The van der Waals surface area contributed by atoms with E-state index in [0.29, 0.717) is 0 Å². The highest BCUT2D eigenvalue weighted by atomic mass is 35.5. The quantitative estimate of drug-likeness (QED) is 0.857. The Bertz CT molecular complexity index is 637. The van der Waals surface area contributed by atoms with E-state index >= 15 is 0 Å². The molecule has 2 aliphatic rings. The van der Waals surface area contributed by atoms with Crippen LogP contribution in [0.15, 0.2) is 24.3 Å². The first-order chi connectivity index (χ1) is 11.3. The SMILES string of the molecule is COc1cccc(C(C)NC(=O)C2(N)C3CCCOC3C2(C)C)c1.Cl. The van der Waals surface area contributed by atoms with Gasteiger partial charge in [-0.05, 0) is 37.5 Å². The molecule has 5 nitrogen and oxygen atoms in total. The normalized spacial score (nSPS) is 30.9. The van der Waals surface area contributed by atoms with E-state index in [1.54, 1.807) is 7.11 Å². The highest BCUT2D eigenvalue weighted by molar-refractivity contribution is 5.89. The predicted molar refractivity (Wildman–Crippen MR) is 100.0 cm³/mol. The molecule has 4 atom stereocenters. The summed E-state index contributed by atoms with van der Waals surface area (Å²) in [5.41, 5.74) is 6.40. The molecule has 0 aromatic heterocycles. The van der Waals surface area contributed by atoms with Crippen LogP contribution in [0.2, 0.25) is 0 Å². The number of hydrogen-bond acceptors (Lipinski definition) is 4. The van der Waals surface area contributed by atoms with Gasteiger partial charge in [0.15, 0.2) is 0 Å². The second kappa shape index (κ2) is 7.14. The van der Waals surface area contributed by atoms with Crippen molar-refractivity contribution >= 4 is 18.3 Å². The third kappa shape index (κ3) is 3.03. The molecule has 1 saturated heterocycles. The molecule has 3 N–H and O–H groups in total. The summed E-state index contributed by atoms with van der Waals surface area (Å²) in [6, 6.07) is 7.60. The fraction of sp³-hybridized carbons (Fsp3) is 0.632. The first-order valence-corrected chi connectivity index (χ1v) is 8.67. The molecule has 1 aliphatic heterocycles. The first kappa shape index (κ1) is 20.0. The van der Waals surface area contributed by atoms with E-state index in [4.69, 9.17) is 15.2 Å². The van der Waals surface area contributed by atoms with Gasteiger partial charge in [-0.15, -0.1) is 12.4 Å². The molecule has 6 heteroatoms. The Morgan fingerprint density at radius 3 is 2.84 bits per heavy atom. The van der Waals surface area contributed by atoms with Crippen molar-refractivity contribution in [3.63, 3.8) is 0 Å². The van der Waals surface area contributed by atoms with Gasteiger partial charge in [-0.25, -0.2) is 0 Å². The number of ether oxygens (including phenoxy) is 2. The molecule has 1 saturated carbocycles. The molecule has 140 valence electrons. The second-order valence-corrected chi connectivity index (χ2v) is 7.60. The van der Waals surface area contributed by atoms with Crippen molar-refractivity contribution in [2.45, 2.75) is 51.3 Å². The molecule has 2 fully saturated rings. The summed E-state index contributed by atoms with van der Waals surface area (Å²) in [6.45, 7) is 6.81. The minimum Gasteiger partial charge on any atom is -0.497 e. The lowest BCUT2D eigenvalue weighted by atomic mass is 9.46. The zero-order valence-corrected chi connectivity index (χ0v) is 16.2. The molecule has 3 rings (SSSR count). The van der Waals surface area contributed by atoms with E-state index in [2.05, 4.69) is 5.32 Å². The number of methoxy groups -OCH3 is 1. The number of fused-ring (bicyclic) bond motifs is 1. The van der Waals surface area contributed by atoms with E-state index in [0.717, 1.165) is 30.8 Å². The summed E-state index contributed by atoms with van der Waals surface area (Å²) >= 11 is 0. The van der Waals surface area contributed by atoms with Gasteiger partial charge in [-0.1, -0.05) is 26.0 Å². The summed E-state index contributed by atoms with van der Waals surface area (Å²) in [7, 11) is 1.64. The van der Waals surface area contributed by atoms with Crippen LogP contribution in [0.4, 0.5) is 0 Å². The Morgan fingerprint density at radius 2 is 2.16 bits per heavy atom. The number of nitrogens with one attached hydrogen (secondary N) is 1. The van der Waals surface area contributed by atoms with E-state index in [-0.39, 0.29) is 41.8 Å². The highest BCUT2D eigenvalue weighted by Gasteiger charge is 2.70. The van der Waals surface area contributed by atoms with Gasteiger partial charge >= 0.3 is 0 Å². The summed E-state index contributed by atoms with van der Waals surface area (Å²) in [4.78, 5) is 13.0. The summed E-state index contributed by atoms with van der Waals surface area (Å²) in [5, 5.41) is 3.10. The summed E-state index contributed by atoms with van der Waals surface area (Å²) in [5.74, 6) is 0.786. The van der Waals surface area contributed by atoms with E-state index in [9.17, 15) is 4.79 Å². The second-order valence-electron chi connectivity index (χ2n) is 7.60. The van der Waals surface area contributed by atoms with Gasteiger partial charge in [0.05, 0.1) is 19.3 Å². The minimum atomic E-state index is -0.884. The molecule has 25 heavy (non-hydrogen) atoms. The fourth-order valence-corrected chi connectivity index (χ4v) is 4.35. The predicted octanol–water partition coefficient (Wildman–Crippen LogP) is 2.83. The molecule has 1 aliphatic carbocycles. The lowest BCUT2D eigenvalue weighted by Crippen LogP contribution is -2.82. The van der Waals surface area contributed by atoms with Gasteiger partial charge in [-0.2, -0.15) is 0 Å². The van der Waals surface area contributed by atoms with Crippen LogP contribution in [0, 0.1) is 11.3 Å².